The molecule has 0 unspecified atom stereocenters. The van der Waals surface area contributed by atoms with Gasteiger partial charge in [0.15, 0.2) is 0 Å². The first-order chi connectivity index (χ1) is 15.1. The summed E-state index contributed by atoms with van der Waals surface area (Å²) in [4.78, 5) is 16.7. The fraction of sp³-hybridized carbons (Fsp3) is 0.393. The Kier molecular flexibility index (Phi) is 8.81. The highest BCUT2D eigenvalue weighted by molar-refractivity contribution is 5.85. The van der Waals surface area contributed by atoms with E-state index in [0.29, 0.717) is 5.92 Å². The molecule has 0 aromatic heterocycles. The van der Waals surface area contributed by atoms with Crippen LogP contribution in [0.5, 0.6) is 0 Å². The Bertz CT molecular complexity index is 935. The van der Waals surface area contributed by atoms with Crippen molar-refractivity contribution in [3.8, 4) is 0 Å². The maximum absolute atomic E-state index is 12.1. The monoisotopic (exact) mass is 416 g/mol. The molecule has 164 valence electrons. The van der Waals surface area contributed by atoms with Gasteiger partial charge in [0.2, 0.25) is 0 Å². The number of rotatable bonds is 12. The second kappa shape index (κ2) is 11.8. The Morgan fingerprint density at radius 2 is 1.58 bits per heavy atom. The summed E-state index contributed by atoms with van der Waals surface area (Å²) in [5.41, 5.74) is 2.66. The van der Waals surface area contributed by atoms with E-state index in [1.807, 2.05) is 0 Å². The van der Waals surface area contributed by atoms with Crippen LogP contribution in [0.25, 0.3) is 10.8 Å². The number of aldehydes is 1. The molecule has 3 aromatic rings. The fourth-order valence-corrected chi connectivity index (χ4v) is 4.46. The molecule has 3 rings (SSSR count). The van der Waals surface area contributed by atoms with Crippen LogP contribution < -0.4 is 0 Å². The van der Waals surface area contributed by atoms with Crippen LogP contribution in [-0.4, -0.2) is 49.3 Å². The lowest BCUT2D eigenvalue weighted by molar-refractivity contribution is -0.114. The number of carbonyl (C=O) groups is 1. The van der Waals surface area contributed by atoms with Crippen molar-refractivity contribution in [2.75, 3.05) is 27.2 Å². The molecule has 0 saturated heterocycles. The summed E-state index contributed by atoms with van der Waals surface area (Å²) in [6.07, 6.45) is 4.26. The molecule has 0 fully saturated rings. The number of hydrogen-bond donors (Lipinski definition) is 0. The topological polar surface area (TPSA) is 23.6 Å². The first-order valence-electron chi connectivity index (χ1n) is 11.5. The van der Waals surface area contributed by atoms with Crippen molar-refractivity contribution in [2.45, 2.75) is 38.8 Å². The highest BCUT2D eigenvalue weighted by atomic mass is 16.1. The van der Waals surface area contributed by atoms with E-state index in [1.165, 1.54) is 21.9 Å². The zero-order chi connectivity index (χ0) is 22.1. The summed E-state index contributed by atoms with van der Waals surface area (Å²) in [5, 5.41) is 2.53. The Balaban J connectivity index is 1.57. The van der Waals surface area contributed by atoms with Crippen molar-refractivity contribution in [3.05, 3.63) is 83.9 Å². The van der Waals surface area contributed by atoms with E-state index in [0.717, 1.165) is 45.2 Å². The van der Waals surface area contributed by atoms with Crippen molar-refractivity contribution in [1.82, 2.24) is 9.80 Å². The van der Waals surface area contributed by atoms with Gasteiger partial charge in [-0.25, -0.2) is 0 Å². The molecule has 0 bridgehead atoms. The van der Waals surface area contributed by atoms with E-state index in [-0.39, 0.29) is 6.04 Å². The summed E-state index contributed by atoms with van der Waals surface area (Å²) in [5.74, 6) is 0.358. The number of likely N-dealkylation sites (N-methyl/N-ethyl adjacent to an activating group) is 2. The second-order valence-electron chi connectivity index (χ2n) is 8.68. The van der Waals surface area contributed by atoms with E-state index in [1.54, 1.807) is 0 Å². The third kappa shape index (κ3) is 6.49. The molecular formula is C28H36N2O. The molecule has 0 aliphatic heterocycles. The lowest BCUT2D eigenvalue weighted by Gasteiger charge is -2.31. The Morgan fingerprint density at radius 3 is 2.32 bits per heavy atom. The zero-order valence-electron chi connectivity index (χ0n) is 19.2. The Labute approximate surface area is 187 Å². The average molecular weight is 417 g/mol. The molecule has 0 aliphatic carbocycles. The summed E-state index contributed by atoms with van der Waals surface area (Å²) in [6.45, 7) is 5.04. The van der Waals surface area contributed by atoms with Crippen LogP contribution in [0.2, 0.25) is 0 Å². The van der Waals surface area contributed by atoms with Gasteiger partial charge in [-0.2, -0.15) is 0 Å². The van der Waals surface area contributed by atoms with Crippen LogP contribution in [0.4, 0.5) is 0 Å². The molecule has 0 spiro atoms. The highest BCUT2D eigenvalue weighted by Gasteiger charge is 2.24. The average Bonchev–Trinajstić information content (AvgIpc) is 2.81. The number of fused-ring (bicyclic) bond motifs is 1. The van der Waals surface area contributed by atoms with Crippen molar-refractivity contribution < 1.29 is 4.79 Å². The van der Waals surface area contributed by atoms with Gasteiger partial charge in [0, 0.05) is 13.1 Å². The maximum Gasteiger partial charge on any atom is 0.137 e. The molecule has 0 radical (unpaired) electrons. The first-order valence-corrected chi connectivity index (χ1v) is 11.5. The van der Waals surface area contributed by atoms with Gasteiger partial charge in [-0.1, -0.05) is 86.1 Å². The van der Waals surface area contributed by atoms with Crippen LogP contribution in [0, 0.1) is 5.92 Å². The van der Waals surface area contributed by atoms with Crippen LogP contribution in [0.1, 0.15) is 30.9 Å². The van der Waals surface area contributed by atoms with Gasteiger partial charge in [-0.15, -0.1) is 0 Å². The summed E-state index contributed by atoms with van der Waals surface area (Å²) < 4.78 is 0. The minimum absolute atomic E-state index is 0.0634. The van der Waals surface area contributed by atoms with Crippen molar-refractivity contribution in [3.63, 3.8) is 0 Å². The van der Waals surface area contributed by atoms with Crippen LogP contribution in [0.3, 0.4) is 0 Å². The van der Waals surface area contributed by atoms with E-state index >= 15 is 0 Å². The minimum Gasteiger partial charge on any atom is -0.306 e. The summed E-state index contributed by atoms with van der Waals surface area (Å²) in [7, 11) is 4.27. The zero-order valence-corrected chi connectivity index (χ0v) is 19.2. The molecular weight excluding hydrogens is 380 g/mol. The van der Waals surface area contributed by atoms with Crippen LogP contribution in [0.15, 0.2) is 72.8 Å². The van der Waals surface area contributed by atoms with Crippen LogP contribution in [-0.2, 0) is 17.8 Å². The van der Waals surface area contributed by atoms with Gasteiger partial charge in [0.25, 0.3) is 0 Å². The molecule has 31 heavy (non-hydrogen) atoms. The molecule has 3 aromatic carbocycles. The van der Waals surface area contributed by atoms with Crippen molar-refractivity contribution in [2.24, 2.45) is 5.92 Å². The number of hydrogen-bond acceptors (Lipinski definition) is 3. The molecule has 0 amide bonds. The molecule has 2 atom stereocenters. The molecule has 0 aliphatic rings. The van der Waals surface area contributed by atoms with Gasteiger partial charge in [0.05, 0.1) is 6.04 Å². The smallest absolute Gasteiger partial charge is 0.137 e. The molecule has 0 heterocycles. The number of nitrogens with zero attached hydrogens (tertiary/aromatic N) is 2. The number of carbonyl (C=O) groups excluding carboxylic acids is 1. The minimum atomic E-state index is -0.0634. The van der Waals surface area contributed by atoms with Crippen LogP contribution >= 0.6 is 0 Å². The summed E-state index contributed by atoms with van der Waals surface area (Å²) >= 11 is 0. The Morgan fingerprint density at radius 1 is 0.871 bits per heavy atom. The standard InChI is InChI=1S/C28H36N2O/c1-4-24(18-20-29(2)19-17-23-11-6-5-7-12-23)28(22-31)30(3)21-26-15-10-14-25-13-8-9-16-27(25)26/h5-16,22,24,28H,4,17-21H2,1-3H3/t24-,28+/m0/s1. The predicted octanol–water partition coefficient (Wildman–Crippen LogP) is 5.43. The molecule has 3 nitrogen and oxygen atoms in total. The number of benzene rings is 3. The second-order valence-corrected chi connectivity index (χ2v) is 8.68. The van der Waals surface area contributed by atoms with Gasteiger partial charge < -0.3 is 9.69 Å². The maximum atomic E-state index is 12.1. The van der Waals surface area contributed by atoms with E-state index in [4.69, 9.17) is 0 Å². The SMILES string of the molecule is CC[C@@H](CCN(C)CCc1ccccc1)[C@@H](C=O)N(C)Cc1cccc2ccccc12. The molecule has 0 saturated carbocycles. The molecule has 3 heteroatoms. The summed E-state index contributed by atoms with van der Waals surface area (Å²) in [6, 6.07) is 25.5. The quantitative estimate of drug-likeness (QED) is 0.368. The van der Waals surface area contributed by atoms with Crippen molar-refractivity contribution >= 4 is 17.1 Å². The predicted molar refractivity (Wildman–Crippen MR) is 131 cm³/mol. The van der Waals surface area contributed by atoms with E-state index in [2.05, 4.69) is 104 Å². The highest BCUT2D eigenvalue weighted by Crippen LogP contribution is 2.23. The lowest BCUT2D eigenvalue weighted by Crippen LogP contribution is -2.40. The van der Waals surface area contributed by atoms with Gasteiger partial charge >= 0.3 is 0 Å². The third-order valence-electron chi connectivity index (χ3n) is 6.46. The van der Waals surface area contributed by atoms with Gasteiger partial charge in [-0.05, 0) is 61.3 Å². The van der Waals surface area contributed by atoms with Crippen molar-refractivity contribution in [1.29, 1.82) is 0 Å². The normalized spacial score (nSPS) is 13.6. The van der Waals surface area contributed by atoms with Gasteiger partial charge in [-0.3, -0.25) is 4.90 Å². The third-order valence-corrected chi connectivity index (χ3v) is 6.46. The van der Waals surface area contributed by atoms with E-state index in [9.17, 15) is 4.79 Å². The Hall–Kier alpha value is -2.49. The fourth-order valence-electron chi connectivity index (χ4n) is 4.46. The van der Waals surface area contributed by atoms with E-state index < -0.39 is 0 Å². The lowest BCUT2D eigenvalue weighted by atomic mass is 9.92. The largest absolute Gasteiger partial charge is 0.306 e. The first kappa shape index (κ1) is 23.2. The molecule has 0 N–H and O–H groups in total. The van der Waals surface area contributed by atoms with Gasteiger partial charge in [0.1, 0.15) is 6.29 Å².